The molecular weight excluding hydrogens is 921 g/mol. The third kappa shape index (κ3) is 17.6. The van der Waals surface area contributed by atoms with Gasteiger partial charge in [-0.25, -0.2) is 19.2 Å². The van der Waals surface area contributed by atoms with E-state index < -0.39 is 23.9 Å². The van der Waals surface area contributed by atoms with Crippen LogP contribution in [0.2, 0.25) is 0 Å². The van der Waals surface area contributed by atoms with Crippen molar-refractivity contribution in [1.29, 1.82) is 0 Å². The predicted molar refractivity (Wildman–Crippen MR) is 281 cm³/mol. The molecule has 0 aliphatic heterocycles. The molecule has 5 rings (SSSR count). The highest BCUT2D eigenvalue weighted by Crippen LogP contribution is 2.44. The molecule has 14 heteroatoms. The zero-order valence-corrected chi connectivity index (χ0v) is 43.5. The number of fused-ring (bicyclic) bond motifs is 2. The standard InChI is InChI=1S/C58H80O14/c1-5-7-9-11-13-15-17-19-29-69-55(59)47-25-21-43-45-23-27-49(57(61)71-41-39-67-37-35-65-33-31-63-3)54-50(58(62)72-42-40-68-38-36-66-34-32-64-4)28-24-46(52(45)54)44-22-26-48(53(47)51(43)44)56(60)70-30-20-18-16-14-12-10-8-6-2/h21-28H,5-20,29-42H2,1-4H3. The van der Waals surface area contributed by atoms with Gasteiger partial charge in [-0.05, 0) is 69.4 Å². The first-order valence-corrected chi connectivity index (χ1v) is 26.5. The van der Waals surface area contributed by atoms with Gasteiger partial charge in [0.2, 0.25) is 0 Å². The average Bonchev–Trinajstić information content (AvgIpc) is 3.39. The van der Waals surface area contributed by atoms with Crippen molar-refractivity contribution in [2.75, 3.05) is 107 Å². The van der Waals surface area contributed by atoms with Crippen molar-refractivity contribution in [1.82, 2.24) is 0 Å². The summed E-state index contributed by atoms with van der Waals surface area (Å²) in [5.41, 5.74) is 0.859. The molecule has 0 saturated heterocycles. The lowest BCUT2D eigenvalue weighted by Crippen LogP contribution is -2.16. The SMILES string of the molecule is CCCCCCCCCCOC(=O)c1ccc2c3ccc(C(=O)OCCOCCOCCOC)c4c(C(=O)OCCOCCOCCOC)ccc(c5ccc(C(=O)OCCCCCCCCCC)c1c25)c43. The number of carbonyl (C=O) groups is 4. The Balaban J connectivity index is 1.48. The number of methoxy groups -OCH3 is 2. The van der Waals surface area contributed by atoms with Crippen LogP contribution in [0.1, 0.15) is 158 Å². The summed E-state index contributed by atoms with van der Waals surface area (Å²) in [6.45, 7) is 8.34. The minimum atomic E-state index is -0.649. The zero-order chi connectivity index (χ0) is 51.2. The molecule has 5 aromatic rings. The lowest BCUT2D eigenvalue weighted by molar-refractivity contribution is 0.00569. The highest BCUT2D eigenvalue weighted by Gasteiger charge is 2.27. The molecule has 396 valence electrons. The number of esters is 4. The summed E-state index contributed by atoms with van der Waals surface area (Å²) in [7, 11) is 3.21. The first kappa shape index (κ1) is 57.9. The highest BCUT2D eigenvalue weighted by atomic mass is 16.6. The minimum absolute atomic E-state index is 0.0376. The minimum Gasteiger partial charge on any atom is -0.462 e. The number of hydrogen-bond acceptors (Lipinski definition) is 14. The smallest absolute Gasteiger partial charge is 0.338 e. The quantitative estimate of drug-likeness (QED) is 0.0120. The number of rotatable bonds is 40. The fourth-order valence-electron chi connectivity index (χ4n) is 9.00. The fraction of sp³-hybridized carbons (Fsp3) is 0.586. The molecule has 0 fully saturated rings. The van der Waals surface area contributed by atoms with Gasteiger partial charge in [0, 0.05) is 25.0 Å². The lowest BCUT2D eigenvalue weighted by Gasteiger charge is -2.20. The molecular formula is C58H80O14. The topological polar surface area (TPSA) is 161 Å². The molecule has 72 heavy (non-hydrogen) atoms. The van der Waals surface area contributed by atoms with Crippen molar-refractivity contribution < 1.29 is 66.5 Å². The first-order valence-electron chi connectivity index (χ1n) is 26.5. The summed E-state index contributed by atoms with van der Waals surface area (Å²) in [5.74, 6) is -2.33. The van der Waals surface area contributed by atoms with E-state index in [1.54, 1.807) is 38.5 Å². The number of ether oxygens (including phenoxy) is 10. The van der Waals surface area contributed by atoms with Crippen molar-refractivity contribution in [3.8, 4) is 0 Å². The van der Waals surface area contributed by atoms with Crippen LogP contribution in [0.15, 0.2) is 48.5 Å². The normalized spacial score (nSPS) is 11.6. The van der Waals surface area contributed by atoms with E-state index in [0.717, 1.165) is 51.4 Å². The van der Waals surface area contributed by atoms with Gasteiger partial charge in [0.1, 0.15) is 13.2 Å². The van der Waals surface area contributed by atoms with Gasteiger partial charge in [-0.2, -0.15) is 0 Å². The van der Waals surface area contributed by atoms with Crippen molar-refractivity contribution in [3.05, 3.63) is 70.8 Å². The van der Waals surface area contributed by atoms with Gasteiger partial charge in [-0.3, -0.25) is 0 Å². The largest absolute Gasteiger partial charge is 0.462 e. The Morgan fingerprint density at radius 2 is 0.542 bits per heavy atom. The van der Waals surface area contributed by atoms with Crippen LogP contribution in [0.5, 0.6) is 0 Å². The molecule has 5 aromatic carbocycles. The van der Waals surface area contributed by atoms with E-state index in [-0.39, 0.29) is 61.9 Å². The molecule has 0 aromatic heterocycles. The molecule has 0 atom stereocenters. The third-order valence-electron chi connectivity index (χ3n) is 12.8. The van der Waals surface area contributed by atoms with E-state index in [4.69, 9.17) is 47.4 Å². The van der Waals surface area contributed by atoms with Crippen molar-refractivity contribution >= 4 is 67.0 Å². The van der Waals surface area contributed by atoms with Crippen LogP contribution in [-0.4, -0.2) is 131 Å². The molecule has 0 N–H and O–H groups in total. The van der Waals surface area contributed by atoms with E-state index in [1.807, 2.05) is 24.3 Å². The molecule has 14 nitrogen and oxygen atoms in total. The van der Waals surface area contributed by atoms with Gasteiger partial charge in [0.15, 0.2) is 0 Å². The zero-order valence-electron chi connectivity index (χ0n) is 43.5. The van der Waals surface area contributed by atoms with E-state index >= 15 is 0 Å². The Morgan fingerprint density at radius 1 is 0.292 bits per heavy atom. The number of hydrogen-bond donors (Lipinski definition) is 0. The van der Waals surface area contributed by atoms with Crippen LogP contribution in [-0.2, 0) is 47.4 Å². The van der Waals surface area contributed by atoms with E-state index in [0.29, 0.717) is 95.9 Å². The monoisotopic (exact) mass is 1000 g/mol. The van der Waals surface area contributed by atoms with Gasteiger partial charge in [0.05, 0.1) is 102 Å². The highest BCUT2D eigenvalue weighted by molar-refractivity contribution is 6.38. The predicted octanol–water partition coefficient (Wildman–Crippen LogP) is 12.0. The summed E-state index contributed by atoms with van der Waals surface area (Å²) >= 11 is 0. The van der Waals surface area contributed by atoms with Crippen molar-refractivity contribution in [2.45, 2.75) is 117 Å². The van der Waals surface area contributed by atoms with Crippen LogP contribution < -0.4 is 0 Å². The van der Waals surface area contributed by atoms with E-state index in [9.17, 15) is 19.2 Å². The second-order valence-electron chi connectivity index (χ2n) is 18.1. The van der Waals surface area contributed by atoms with E-state index in [2.05, 4.69) is 13.8 Å². The molecule has 0 aliphatic carbocycles. The summed E-state index contributed by atoms with van der Waals surface area (Å²) in [6, 6.07) is 14.0. The fourth-order valence-corrected chi connectivity index (χ4v) is 9.00. The maximum Gasteiger partial charge on any atom is 0.338 e. The Labute approximate surface area is 426 Å². The summed E-state index contributed by atoms with van der Waals surface area (Å²) < 4.78 is 55.5. The molecule has 0 heterocycles. The van der Waals surface area contributed by atoms with Crippen molar-refractivity contribution in [2.24, 2.45) is 0 Å². The Hall–Kier alpha value is -4.96. The molecule has 0 aliphatic rings. The van der Waals surface area contributed by atoms with Crippen LogP contribution in [0, 0.1) is 0 Å². The molecule has 0 saturated carbocycles. The average molecular weight is 1000 g/mol. The maximum atomic E-state index is 14.2. The van der Waals surface area contributed by atoms with Crippen LogP contribution in [0.3, 0.4) is 0 Å². The third-order valence-corrected chi connectivity index (χ3v) is 12.8. The molecule has 0 amide bonds. The molecule has 0 radical (unpaired) electrons. The lowest BCUT2D eigenvalue weighted by atomic mass is 9.84. The van der Waals surface area contributed by atoms with Crippen LogP contribution in [0.4, 0.5) is 0 Å². The van der Waals surface area contributed by atoms with Gasteiger partial charge in [-0.15, -0.1) is 0 Å². The Bertz CT molecular complexity index is 2070. The van der Waals surface area contributed by atoms with Gasteiger partial charge in [0.25, 0.3) is 0 Å². The maximum absolute atomic E-state index is 14.2. The Kier molecular flexibility index (Phi) is 27.1. The Morgan fingerprint density at radius 3 is 0.833 bits per heavy atom. The second-order valence-corrected chi connectivity index (χ2v) is 18.1. The second kappa shape index (κ2) is 33.7. The van der Waals surface area contributed by atoms with E-state index in [1.165, 1.54) is 51.4 Å². The summed E-state index contributed by atoms with van der Waals surface area (Å²) in [5, 5.41) is 4.89. The van der Waals surface area contributed by atoms with Gasteiger partial charge >= 0.3 is 23.9 Å². The number of unbranched alkanes of at least 4 members (excludes halogenated alkanes) is 14. The molecule has 0 bridgehead atoms. The van der Waals surface area contributed by atoms with Crippen LogP contribution >= 0.6 is 0 Å². The first-order chi connectivity index (χ1) is 35.4. The van der Waals surface area contributed by atoms with Gasteiger partial charge < -0.3 is 47.4 Å². The molecule has 0 spiro atoms. The summed E-state index contributed by atoms with van der Waals surface area (Å²) in [6.07, 6.45) is 17.7. The van der Waals surface area contributed by atoms with Gasteiger partial charge in [-0.1, -0.05) is 128 Å². The van der Waals surface area contributed by atoms with Crippen LogP contribution in [0.25, 0.3) is 43.1 Å². The number of carbonyl (C=O) groups excluding carboxylic acids is 4. The molecule has 0 unspecified atom stereocenters. The van der Waals surface area contributed by atoms with Crippen molar-refractivity contribution in [3.63, 3.8) is 0 Å². The number of benzene rings is 5. The summed E-state index contributed by atoms with van der Waals surface area (Å²) in [4.78, 5) is 56.4.